The van der Waals surface area contributed by atoms with Gasteiger partial charge in [-0.15, -0.1) is 0 Å². The second kappa shape index (κ2) is 8.08. The van der Waals surface area contributed by atoms with Crippen LogP contribution in [0.1, 0.15) is 6.92 Å². The molecule has 0 unspecified atom stereocenters. The van der Waals surface area contributed by atoms with E-state index in [0.29, 0.717) is 0 Å². The van der Waals surface area contributed by atoms with Crippen molar-refractivity contribution in [3.63, 3.8) is 0 Å². The molecule has 25 heavy (non-hydrogen) atoms. The van der Waals surface area contributed by atoms with Gasteiger partial charge in [0.05, 0.1) is 11.5 Å². The monoisotopic (exact) mass is 350 g/mol. The van der Waals surface area contributed by atoms with Crippen molar-refractivity contribution in [1.29, 1.82) is 0 Å². The van der Waals surface area contributed by atoms with Crippen LogP contribution in [0.15, 0.2) is 24.3 Å². The van der Waals surface area contributed by atoms with E-state index >= 15 is 0 Å². The number of rotatable bonds is 3. The maximum absolute atomic E-state index is 12.2. The fourth-order valence-corrected chi connectivity index (χ4v) is 2.36. The van der Waals surface area contributed by atoms with Crippen molar-refractivity contribution in [2.75, 3.05) is 38.1 Å². The molecular weight excluding hydrogens is 332 g/mol. The summed E-state index contributed by atoms with van der Waals surface area (Å²) < 4.78 is 4.88. The van der Waals surface area contributed by atoms with Gasteiger partial charge in [-0.1, -0.05) is 12.1 Å². The van der Waals surface area contributed by atoms with Gasteiger partial charge in [-0.25, -0.2) is 4.79 Å². The lowest BCUT2D eigenvalue weighted by molar-refractivity contribution is -0.383. The Kier molecular flexibility index (Phi) is 5.88. The number of hydrogen-bond donors (Lipinski definition) is 1. The van der Waals surface area contributed by atoms with Crippen molar-refractivity contribution in [3.8, 4) is 0 Å². The number of benzene rings is 1. The lowest BCUT2D eigenvalue weighted by Crippen LogP contribution is -2.53. The highest BCUT2D eigenvalue weighted by molar-refractivity contribution is 6.39. The number of nitrogens with one attached hydrogen (secondary N) is 1. The molecule has 134 valence electrons. The largest absolute Gasteiger partial charge is 0.450 e. The van der Waals surface area contributed by atoms with Gasteiger partial charge >= 0.3 is 17.9 Å². The SMILES string of the molecule is CCOC(=O)N1CCN(C(=O)C(=O)Nc2ccccc2[N+](=O)[O-])CC1. The van der Waals surface area contributed by atoms with Crippen molar-refractivity contribution < 1.29 is 24.0 Å². The normalized spacial score (nSPS) is 14.0. The molecule has 1 aromatic carbocycles. The Morgan fingerprint density at radius 3 is 2.36 bits per heavy atom. The van der Waals surface area contributed by atoms with Crippen LogP contribution in [0.25, 0.3) is 0 Å². The molecule has 1 heterocycles. The maximum atomic E-state index is 12.2. The zero-order valence-electron chi connectivity index (χ0n) is 13.6. The smallest absolute Gasteiger partial charge is 0.409 e. The minimum atomic E-state index is -0.959. The summed E-state index contributed by atoms with van der Waals surface area (Å²) in [4.78, 5) is 48.9. The minimum Gasteiger partial charge on any atom is -0.450 e. The number of carbonyl (C=O) groups is 3. The Bertz CT molecular complexity index is 684. The lowest BCUT2D eigenvalue weighted by atomic mass is 10.2. The third-order valence-electron chi connectivity index (χ3n) is 3.64. The van der Waals surface area contributed by atoms with Gasteiger partial charge in [0.2, 0.25) is 0 Å². The quantitative estimate of drug-likeness (QED) is 0.489. The molecule has 0 aromatic heterocycles. The molecule has 1 fully saturated rings. The third-order valence-corrected chi connectivity index (χ3v) is 3.64. The number of hydrogen-bond acceptors (Lipinski definition) is 6. The molecule has 0 aliphatic carbocycles. The molecule has 1 saturated heterocycles. The van der Waals surface area contributed by atoms with Gasteiger partial charge in [0, 0.05) is 32.2 Å². The Morgan fingerprint density at radius 2 is 1.76 bits per heavy atom. The molecule has 1 aromatic rings. The van der Waals surface area contributed by atoms with Gasteiger partial charge in [0.25, 0.3) is 5.69 Å². The number of ether oxygens (including phenoxy) is 1. The van der Waals surface area contributed by atoms with E-state index in [1.54, 1.807) is 6.92 Å². The highest BCUT2D eigenvalue weighted by atomic mass is 16.6. The summed E-state index contributed by atoms with van der Waals surface area (Å²) in [5.41, 5.74) is -0.341. The molecule has 0 spiro atoms. The molecule has 3 amide bonds. The third kappa shape index (κ3) is 4.43. The molecule has 0 bridgehead atoms. The van der Waals surface area contributed by atoms with Crippen LogP contribution in [0, 0.1) is 10.1 Å². The number of nitrogens with zero attached hydrogens (tertiary/aromatic N) is 3. The highest BCUT2D eigenvalue weighted by Crippen LogP contribution is 2.23. The van der Waals surface area contributed by atoms with Gasteiger partial charge in [-0.2, -0.15) is 0 Å². The van der Waals surface area contributed by atoms with E-state index in [2.05, 4.69) is 5.32 Å². The van der Waals surface area contributed by atoms with E-state index < -0.39 is 22.8 Å². The second-order valence-electron chi connectivity index (χ2n) is 5.21. The molecule has 1 aliphatic rings. The van der Waals surface area contributed by atoms with Crippen LogP contribution in [0.5, 0.6) is 0 Å². The minimum absolute atomic E-state index is 0.0454. The molecule has 1 N–H and O–H groups in total. The second-order valence-corrected chi connectivity index (χ2v) is 5.21. The Hall–Kier alpha value is -3.17. The van der Waals surface area contributed by atoms with E-state index in [4.69, 9.17) is 4.74 Å². The summed E-state index contributed by atoms with van der Waals surface area (Å²) in [6, 6.07) is 5.57. The number of nitro benzene ring substituents is 1. The average molecular weight is 350 g/mol. The lowest BCUT2D eigenvalue weighted by Gasteiger charge is -2.33. The number of carbonyl (C=O) groups excluding carboxylic acids is 3. The van der Waals surface area contributed by atoms with Gasteiger partial charge in [-0.05, 0) is 13.0 Å². The van der Waals surface area contributed by atoms with Crippen LogP contribution < -0.4 is 5.32 Å². The number of piperazine rings is 1. The summed E-state index contributed by atoms with van der Waals surface area (Å²) in [6.07, 6.45) is -0.459. The van der Waals surface area contributed by atoms with Crippen LogP contribution in [0.4, 0.5) is 16.2 Å². The Morgan fingerprint density at radius 1 is 1.16 bits per heavy atom. The zero-order chi connectivity index (χ0) is 18.4. The van der Waals surface area contributed by atoms with E-state index in [1.165, 1.54) is 34.1 Å². The molecule has 0 saturated carbocycles. The Balaban J connectivity index is 1.95. The first-order valence-corrected chi connectivity index (χ1v) is 7.69. The summed E-state index contributed by atoms with van der Waals surface area (Å²) in [5, 5.41) is 13.2. The van der Waals surface area contributed by atoms with Crippen molar-refractivity contribution in [3.05, 3.63) is 34.4 Å². The van der Waals surface area contributed by atoms with Crippen LogP contribution in [-0.2, 0) is 14.3 Å². The van der Waals surface area contributed by atoms with Crippen LogP contribution in [0.2, 0.25) is 0 Å². The molecule has 10 nitrogen and oxygen atoms in total. The van der Waals surface area contributed by atoms with E-state index in [1.807, 2.05) is 0 Å². The summed E-state index contributed by atoms with van der Waals surface area (Å²) >= 11 is 0. The van der Waals surface area contributed by atoms with Gasteiger partial charge < -0.3 is 19.9 Å². The standard InChI is InChI=1S/C15H18N4O6/c1-2-25-15(22)18-9-7-17(8-10-18)14(21)13(20)16-11-5-3-4-6-12(11)19(23)24/h3-6H,2,7-10H2,1H3,(H,16,20). The van der Waals surface area contributed by atoms with Crippen molar-refractivity contribution >= 4 is 29.3 Å². The zero-order valence-corrected chi connectivity index (χ0v) is 13.6. The Labute approximate surface area is 143 Å². The van der Waals surface area contributed by atoms with Gasteiger partial charge in [-0.3, -0.25) is 19.7 Å². The van der Waals surface area contributed by atoms with E-state index in [-0.39, 0.29) is 44.2 Å². The first-order valence-electron chi connectivity index (χ1n) is 7.69. The van der Waals surface area contributed by atoms with E-state index in [9.17, 15) is 24.5 Å². The predicted molar refractivity (Wildman–Crippen MR) is 86.9 cm³/mol. The van der Waals surface area contributed by atoms with Crippen molar-refractivity contribution in [1.82, 2.24) is 9.80 Å². The van der Waals surface area contributed by atoms with Gasteiger partial charge in [0.15, 0.2) is 0 Å². The van der Waals surface area contributed by atoms with Crippen molar-refractivity contribution in [2.45, 2.75) is 6.92 Å². The molecule has 2 rings (SSSR count). The average Bonchev–Trinajstić information content (AvgIpc) is 2.61. The summed E-state index contributed by atoms with van der Waals surface area (Å²) in [6.45, 7) is 2.83. The van der Waals surface area contributed by atoms with Crippen LogP contribution in [0.3, 0.4) is 0 Å². The fourth-order valence-electron chi connectivity index (χ4n) is 2.36. The van der Waals surface area contributed by atoms with Crippen molar-refractivity contribution in [2.24, 2.45) is 0 Å². The fraction of sp³-hybridized carbons (Fsp3) is 0.400. The molecule has 1 aliphatic heterocycles. The number of para-hydroxylation sites is 2. The molecule has 0 atom stereocenters. The van der Waals surface area contributed by atoms with Crippen LogP contribution >= 0.6 is 0 Å². The number of amides is 3. The summed E-state index contributed by atoms with van der Waals surface area (Å²) in [5.74, 6) is -1.76. The molecule has 10 heteroatoms. The van der Waals surface area contributed by atoms with Gasteiger partial charge in [0.1, 0.15) is 5.69 Å². The predicted octanol–water partition coefficient (Wildman–Crippen LogP) is 0.834. The first kappa shape index (κ1) is 18.2. The maximum Gasteiger partial charge on any atom is 0.409 e. The molecular formula is C15H18N4O6. The van der Waals surface area contributed by atoms with Crippen LogP contribution in [-0.4, -0.2) is 65.4 Å². The topological polar surface area (TPSA) is 122 Å². The number of anilines is 1. The first-order chi connectivity index (χ1) is 11.9. The summed E-state index contributed by atoms with van der Waals surface area (Å²) in [7, 11) is 0. The molecule has 0 radical (unpaired) electrons. The number of nitro groups is 1. The highest BCUT2D eigenvalue weighted by Gasteiger charge is 2.29. The van der Waals surface area contributed by atoms with E-state index in [0.717, 1.165) is 0 Å².